The first-order chi connectivity index (χ1) is 12.0. The third-order valence-electron chi connectivity index (χ3n) is 3.73. The largest absolute Gasteiger partial charge is 0.493 e. The molecule has 0 N–H and O–H groups in total. The third kappa shape index (κ3) is 4.59. The van der Waals surface area contributed by atoms with Gasteiger partial charge in [0.2, 0.25) is 5.78 Å². The van der Waals surface area contributed by atoms with Crippen LogP contribution in [0.15, 0.2) is 36.4 Å². The van der Waals surface area contributed by atoms with Crippen LogP contribution in [0.3, 0.4) is 0 Å². The molecule has 0 amide bonds. The molecule has 0 saturated carbocycles. The Morgan fingerprint density at radius 2 is 1.76 bits per heavy atom. The van der Waals surface area contributed by atoms with E-state index in [1.165, 1.54) is 13.2 Å². The van der Waals surface area contributed by atoms with Crippen molar-refractivity contribution in [3.8, 4) is 11.5 Å². The molecule has 0 aliphatic carbocycles. The molecule has 0 heterocycles. The van der Waals surface area contributed by atoms with Gasteiger partial charge in [-0.2, -0.15) is 0 Å². The van der Waals surface area contributed by atoms with Crippen molar-refractivity contribution >= 4 is 11.8 Å². The lowest BCUT2D eigenvalue weighted by atomic mass is 10.0. The van der Waals surface area contributed by atoms with E-state index >= 15 is 0 Å². The van der Waals surface area contributed by atoms with Gasteiger partial charge in [0.25, 0.3) is 0 Å². The molecule has 0 fully saturated rings. The smallest absolute Gasteiger partial charge is 0.338 e. The van der Waals surface area contributed by atoms with E-state index in [4.69, 9.17) is 14.2 Å². The van der Waals surface area contributed by atoms with Crippen molar-refractivity contribution in [2.75, 3.05) is 20.3 Å². The predicted molar refractivity (Wildman–Crippen MR) is 94.7 cm³/mol. The Morgan fingerprint density at radius 3 is 2.44 bits per heavy atom. The summed E-state index contributed by atoms with van der Waals surface area (Å²) in [7, 11) is 1.50. The zero-order valence-electron chi connectivity index (χ0n) is 14.9. The molecular formula is C20H22O5. The van der Waals surface area contributed by atoms with Crippen LogP contribution in [0.1, 0.15) is 38.8 Å². The first kappa shape index (κ1) is 18.5. The van der Waals surface area contributed by atoms with Gasteiger partial charge in [0.15, 0.2) is 18.1 Å². The van der Waals surface area contributed by atoms with E-state index in [-0.39, 0.29) is 12.4 Å². The van der Waals surface area contributed by atoms with Crippen molar-refractivity contribution in [3.05, 3.63) is 58.7 Å². The van der Waals surface area contributed by atoms with E-state index in [0.29, 0.717) is 29.2 Å². The van der Waals surface area contributed by atoms with E-state index in [0.717, 1.165) is 11.1 Å². The van der Waals surface area contributed by atoms with Crippen LogP contribution < -0.4 is 9.47 Å². The summed E-state index contributed by atoms with van der Waals surface area (Å²) in [4.78, 5) is 24.5. The molecule has 5 nitrogen and oxygen atoms in total. The number of benzene rings is 2. The topological polar surface area (TPSA) is 61.8 Å². The zero-order valence-corrected chi connectivity index (χ0v) is 14.9. The predicted octanol–water partition coefficient (Wildman–Crippen LogP) is 3.75. The van der Waals surface area contributed by atoms with Crippen molar-refractivity contribution in [3.63, 3.8) is 0 Å². The van der Waals surface area contributed by atoms with E-state index in [2.05, 4.69) is 0 Å². The highest BCUT2D eigenvalue weighted by Gasteiger charge is 2.16. The van der Waals surface area contributed by atoms with Gasteiger partial charge < -0.3 is 14.2 Å². The third-order valence-corrected chi connectivity index (χ3v) is 3.73. The average Bonchev–Trinajstić information content (AvgIpc) is 2.62. The van der Waals surface area contributed by atoms with E-state index in [1.807, 2.05) is 32.9 Å². The molecule has 0 aliphatic heterocycles. The molecule has 0 bridgehead atoms. The minimum Gasteiger partial charge on any atom is -0.493 e. The van der Waals surface area contributed by atoms with Crippen molar-refractivity contribution in [2.24, 2.45) is 0 Å². The monoisotopic (exact) mass is 342 g/mol. The van der Waals surface area contributed by atoms with Gasteiger partial charge in [-0.25, -0.2) is 4.79 Å². The van der Waals surface area contributed by atoms with Crippen LogP contribution >= 0.6 is 0 Å². The van der Waals surface area contributed by atoms with Crippen molar-refractivity contribution in [2.45, 2.75) is 20.8 Å². The SMILES string of the molecule is CCOc1ccc(C(=O)OCC(=O)c2cc(C)ccc2C)cc1OC. The Hall–Kier alpha value is -2.82. The molecular weight excluding hydrogens is 320 g/mol. The lowest BCUT2D eigenvalue weighted by Crippen LogP contribution is -2.15. The number of carbonyl (C=O) groups is 2. The highest BCUT2D eigenvalue weighted by atomic mass is 16.5. The van der Waals surface area contributed by atoms with Gasteiger partial charge in [0.1, 0.15) is 0 Å². The molecule has 0 unspecified atom stereocenters. The Morgan fingerprint density at radius 1 is 1.00 bits per heavy atom. The minimum absolute atomic E-state index is 0.229. The highest BCUT2D eigenvalue weighted by molar-refractivity contribution is 6.00. The molecule has 0 spiro atoms. The molecule has 132 valence electrons. The number of hydrogen-bond acceptors (Lipinski definition) is 5. The second kappa shape index (κ2) is 8.33. The maximum Gasteiger partial charge on any atom is 0.338 e. The molecule has 2 aromatic carbocycles. The zero-order chi connectivity index (χ0) is 18.4. The summed E-state index contributed by atoms with van der Waals surface area (Å²) in [5.74, 6) is 0.178. The normalized spacial score (nSPS) is 10.2. The Labute approximate surface area is 147 Å². The van der Waals surface area contributed by atoms with Crippen LogP contribution in [0, 0.1) is 13.8 Å². The molecule has 25 heavy (non-hydrogen) atoms. The Bertz CT molecular complexity index is 780. The fraction of sp³-hybridized carbons (Fsp3) is 0.300. The Kier molecular flexibility index (Phi) is 6.17. The van der Waals surface area contributed by atoms with Crippen molar-refractivity contribution < 1.29 is 23.8 Å². The summed E-state index contributed by atoms with van der Waals surface area (Å²) in [6.07, 6.45) is 0. The number of Topliss-reactive ketones (excluding diaryl/α,β-unsaturated/α-hetero) is 1. The molecule has 2 aromatic rings. The van der Waals surface area contributed by atoms with Crippen LogP contribution in [0.4, 0.5) is 0 Å². The van der Waals surface area contributed by atoms with Crippen molar-refractivity contribution in [1.29, 1.82) is 0 Å². The summed E-state index contributed by atoms with van der Waals surface area (Å²) in [6, 6.07) is 10.4. The average molecular weight is 342 g/mol. The maximum absolute atomic E-state index is 12.3. The van der Waals surface area contributed by atoms with Gasteiger partial charge in [0, 0.05) is 5.56 Å². The van der Waals surface area contributed by atoms with Gasteiger partial charge >= 0.3 is 5.97 Å². The maximum atomic E-state index is 12.3. The van der Waals surface area contributed by atoms with Crippen LogP contribution in [-0.2, 0) is 4.74 Å². The summed E-state index contributed by atoms with van der Waals surface area (Å²) in [5.41, 5.74) is 2.71. The first-order valence-electron chi connectivity index (χ1n) is 8.04. The fourth-order valence-corrected chi connectivity index (χ4v) is 2.40. The van der Waals surface area contributed by atoms with Gasteiger partial charge in [-0.15, -0.1) is 0 Å². The molecule has 5 heteroatoms. The number of aryl methyl sites for hydroxylation is 2. The quantitative estimate of drug-likeness (QED) is 0.566. The van der Waals surface area contributed by atoms with Crippen LogP contribution in [-0.4, -0.2) is 32.1 Å². The van der Waals surface area contributed by atoms with E-state index in [9.17, 15) is 9.59 Å². The van der Waals surface area contributed by atoms with E-state index in [1.54, 1.807) is 18.2 Å². The molecule has 0 atom stereocenters. The van der Waals surface area contributed by atoms with Gasteiger partial charge in [0.05, 0.1) is 19.3 Å². The fourth-order valence-electron chi connectivity index (χ4n) is 2.40. The second-order valence-corrected chi connectivity index (χ2v) is 5.62. The number of esters is 1. The number of hydrogen-bond donors (Lipinski definition) is 0. The van der Waals surface area contributed by atoms with Gasteiger partial charge in [-0.3, -0.25) is 4.79 Å². The number of carbonyl (C=O) groups excluding carboxylic acids is 2. The lowest BCUT2D eigenvalue weighted by molar-refractivity contribution is 0.0474. The number of ketones is 1. The first-order valence-corrected chi connectivity index (χ1v) is 8.04. The summed E-state index contributed by atoms with van der Waals surface area (Å²) >= 11 is 0. The molecule has 0 aromatic heterocycles. The summed E-state index contributed by atoms with van der Waals surface area (Å²) in [6.45, 7) is 5.81. The Balaban J connectivity index is 2.07. The van der Waals surface area contributed by atoms with E-state index < -0.39 is 5.97 Å². The van der Waals surface area contributed by atoms with Crippen LogP contribution in [0.25, 0.3) is 0 Å². The standard InChI is InChI=1S/C20H22O5/c1-5-24-18-9-8-15(11-19(18)23-4)20(22)25-12-17(21)16-10-13(2)6-7-14(16)3/h6-11H,5,12H2,1-4H3. The van der Waals surface area contributed by atoms with Gasteiger partial charge in [-0.1, -0.05) is 17.7 Å². The summed E-state index contributed by atoms with van der Waals surface area (Å²) < 4.78 is 15.8. The highest BCUT2D eigenvalue weighted by Crippen LogP contribution is 2.28. The molecule has 0 radical (unpaired) electrons. The van der Waals surface area contributed by atoms with Crippen LogP contribution in [0.5, 0.6) is 11.5 Å². The number of methoxy groups -OCH3 is 1. The minimum atomic E-state index is -0.583. The molecule has 2 rings (SSSR count). The molecule has 0 aliphatic rings. The number of rotatable bonds is 7. The lowest BCUT2D eigenvalue weighted by Gasteiger charge is -2.11. The van der Waals surface area contributed by atoms with Crippen LogP contribution in [0.2, 0.25) is 0 Å². The van der Waals surface area contributed by atoms with Crippen molar-refractivity contribution in [1.82, 2.24) is 0 Å². The number of ether oxygens (including phenoxy) is 3. The second-order valence-electron chi connectivity index (χ2n) is 5.62. The molecule has 0 saturated heterocycles. The van der Waals surface area contributed by atoms with Gasteiger partial charge in [-0.05, 0) is 50.6 Å². The summed E-state index contributed by atoms with van der Waals surface area (Å²) in [5, 5.41) is 0.